The maximum atomic E-state index is 5.87. The van der Waals surface area contributed by atoms with Gasteiger partial charge < -0.3 is 5.32 Å². The monoisotopic (exact) mass is 229 g/mol. The molecule has 1 aromatic carbocycles. The second-order valence-corrected chi connectivity index (χ2v) is 4.11. The Hall–Kier alpha value is -0.660. The number of benzene rings is 1. The standard InChI is InChI=1S/C11H13Cl2N/c1-8(2)5-6-14-9-3-4-10(12)11(13)7-9/h3-5,7,14H,6H2,1-2H3. The van der Waals surface area contributed by atoms with Crippen LogP contribution in [0.2, 0.25) is 10.0 Å². The fourth-order valence-corrected chi connectivity index (χ4v) is 1.28. The first-order valence-electron chi connectivity index (χ1n) is 4.42. The van der Waals surface area contributed by atoms with E-state index in [4.69, 9.17) is 23.2 Å². The number of hydrogen-bond acceptors (Lipinski definition) is 1. The van der Waals surface area contributed by atoms with Gasteiger partial charge in [0.2, 0.25) is 0 Å². The molecule has 3 heteroatoms. The molecular weight excluding hydrogens is 217 g/mol. The maximum Gasteiger partial charge on any atom is 0.0612 e. The van der Waals surface area contributed by atoms with E-state index < -0.39 is 0 Å². The van der Waals surface area contributed by atoms with Crippen molar-refractivity contribution in [3.8, 4) is 0 Å². The van der Waals surface area contributed by atoms with Gasteiger partial charge in [-0.2, -0.15) is 0 Å². The van der Waals surface area contributed by atoms with Gasteiger partial charge in [0.15, 0.2) is 0 Å². The third-order valence-electron chi connectivity index (χ3n) is 1.74. The van der Waals surface area contributed by atoms with Crippen LogP contribution in [0.3, 0.4) is 0 Å². The van der Waals surface area contributed by atoms with Crippen molar-refractivity contribution in [3.63, 3.8) is 0 Å². The first-order chi connectivity index (χ1) is 6.59. The molecule has 0 aliphatic heterocycles. The molecule has 0 amide bonds. The summed E-state index contributed by atoms with van der Waals surface area (Å²) < 4.78 is 0. The highest BCUT2D eigenvalue weighted by Crippen LogP contribution is 2.24. The average Bonchev–Trinajstić information content (AvgIpc) is 2.10. The van der Waals surface area contributed by atoms with Gasteiger partial charge in [0.05, 0.1) is 10.0 Å². The minimum Gasteiger partial charge on any atom is -0.382 e. The van der Waals surface area contributed by atoms with E-state index in [1.165, 1.54) is 5.57 Å². The Balaban J connectivity index is 2.60. The predicted octanol–water partition coefficient (Wildman–Crippen LogP) is 4.37. The summed E-state index contributed by atoms with van der Waals surface area (Å²) in [6.45, 7) is 4.94. The van der Waals surface area contributed by atoms with Crippen LogP contribution in [0.4, 0.5) is 5.69 Å². The third kappa shape index (κ3) is 3.60. The number of halogens is 2. The normalized spacial score (nSPS) is 9.71. The van der Waals surface area contributed by atoms with E-state index in [2.05, 4.69) is 25.2 Å². The van der Waals surface area contributed by atoms with Crippen molar-refractivity contribution in [2.75, 3.05) is 11.9 Å². The van der Waals surface area contributed by atoms with Crippen LogP contribution < -0.4 is 5.32 Å². The van der Waals surface area contributed by atoms with Crippen molar-refractivity contribution in [1.29, 1.82) is 0 Å². The summed E-state index contributed by atoms with van der Waals surface area (Å²) in [5, 5.41) is 4.39. The molecule has 0 aromatic heterocycles. The fourth-order valence-electron chi connectivity index (χ4n) is 0.979. The van der Waals surface area contributed by atoms with Crippen LogP contribution in [0.15, 0.2) is 29.8 Å². The minimum absolute atomic E-state index is 0.578. The SMILES string of the molecule is CC(C)=CCNc1ccc(Cl)c(Cl)c1. The summed E-state index contributed by atoms with van der Waals surface area (Å²) >= 11 is 11.7. The van der Waals surface area contributed by atoms with Gasteiger partial charge in [0.25, 0.3) is 0 Å². The summed E-state index contributed by atoms with van der Waals surface area (Å²) in [7, 11) is 0. The molecule has 0 bridgehead atoms. The molecule has 14 heavy (non-hydrogen) atoms. The molecule has 0 unspecified atom stereocenters. The zero-order valence-electron chi connectivity index (χ0n) is 8.27. The second kappa shape index (κ2) is 5.28. The van der Waals surface area contributed by atoms with E-state index in [1.54, 1.807) is 6.07 Å². The van der Waals surface area contributed by atoms with Crippen molar-refractivity contribution < 1.29 is 0 Å². The van der Waals surface area contributed by atoms with Crippen LogP contribution in [0.5, 0.6) is 0 Å². The Morgan fingerprint density at radius 2 is 2.00 bits per heavy atom. The zero-order chi connectivity index (χ0) is 10.6. The van der Waals surface area contributed by atoms with Gasteiger partial charge in [0.1, 0.15) is 0 Å². The van der Waals surface area contributed by atoms with Crippen LogP contribution >= 0.6 is 23.2 Å². The predicted molar refractivity (Wildman–Crippen MR) is 64.4 cm³/mol. The fraction of sp³-hybridized carbons (Fsp3) is 0.273. The van der Waals surface area contributed by atoms with Crippen LogP contribution in [0.1, 0.15) is 13.8 Å². The quantitative estimate of drug-likeness (QED) is 0.760. The summed E-state index contributed by atoms with van der Waals surface area (Å²) in [4.78, 5) is 0. The highest BCUT2D eigenvalue weighted by molar-refractivity contribution is 6.42. The molecule has 0 saturated carbocycles. The number of hydrogen-bond donors (Lipinski definition) is 1. The average molecular weight is 230 g/mol. The number of nitrogens with one attached hydrogen (secondary N) is 1. The van der Waals surface area contributed by atoms with Crippen molar-refractivity contribution in [1.82, 2.24) is 0 Å². The molecule has 76 valence electrons. The Morgan fingerprint density at radius 3 is 2.57 bits per heavy atom. The number of allylic oxidation sites excluding steroid dienone is 1. The van der Waals surface area contributed by atoms with Gasteiger partial charge >= 0.3 is 0 Å². The molecule has 0 aliphatic rings. The molecule has 0 radical (unpaired) electrons. The highest BCUT2D eigenvalue weighted by atomic mass is 35.5. The number of rotatable bonds is 3. The molecular formula is C11H13Cl2N. The highest BCUT2D eigenvalue weighted by Gasteiger charge is 1.97. The molecule has 1 nitrogen and oxygen atoms in total. The molecule has 1 aromatic rings. The molecule has 1 N–H and O–H groups in total. The summed E-state index contributed by atoms with van der Waals surface area (Å²) in [6, 6.07) is 5.52. The van der Waals surface area contributed by atoms with Crippen LogP contribution in [0.25, 0.3) is 0 Å². The Labute approximate surface area is 94.7 Å². The molecule has 0 heterocycles. The molecule has 0 saturated heterocycles. The minimum atomic E-state index is 0.578. The number of anilines is 1. The van der Waals surface area contributed by atoms with Gasteiger partial charge in [-0.05, 0) is 32.0 Å². The summed E-state index contributed by atoms with van der Waals surface area (Å²) in [5.41, 5.74) is 2.27. The molecule has 0 atom stereocenters. The van der Waals surface area contributed by atoms with Crippen LogP contribution in [-0.4, -0.2) is 6.54 Å². The van der Waals surface area contributed by atoms with Gasteiger partial charge in [-0.3, -0.25) is 0 Å². The van der Waals surface area contributed by atoms with E-state index >= 15 is 0 Å². The topological polar surface area (TPSA) is 12.0 Å². The summed E-state index contributed by atoms with van der Waals surface area (Å²) in [5.74, 6) is 0. The van der Waals surface area contributed by atoms with E-state index in [-0.39, 0.29) is 0 Å². The van der Waals surface area contributed by atoms with E-state index in [9.17, 15) is 0 Å². The van der Waals surface area contributed by atoms with Crippen LogP contribution in [0, 0.1) is 0 Å². The van der Waals surface area contributed by atoms with Crippen molar-refractivity contribution in [2.24, 2.45) is 0 Å². The summed E-state index contributed by atoms with van der Waals surface area (Å²) in [6.07, 6.45) is 2.11. The van der Waals surface area contributed by atoms with Crippen LogP contribution in [-0.2, 0) is 0 Å². The smallest absolute Gasteiger partial charge is 0.0612 e. The lowest BCUT2D eigenvalue weighted by Crippen LogP contribution is -1.98. The Morgan fingerprint density at radius 1 is 1.29 bits per heavy atom. The first-order valence-corrected chi connectivity index (χ1v) is 5.17. The van der Waals surface area contributed by atoms with Gasteiger partial charge in [-0.25, -0.2) is 0 Å². The maximum absolute atomic E-state index is 5.87. The van der Waals surface area contributed by atoms with Gasteiger partial charge in [-0.1, -0.05) is 34.9 Å². The van der Waals surface area contributed by atoms with E-state index in [1.807, 2.05) is 12.1 Å². The Bertz CT molecular complexity index is 341. The molecule has 0 fully saturated rings. The molecule has 1 rings (SSSR count). The van der Waals surface area contributed by atoms with Gasteiger partial charge in [0, 0.05) is 12.2 Å². The van der Waals surface area contributed by atoms with Gasteiger partial charge in [-0.15, -0.1) is 0 Å². The second-order valence-electron chi connectivity index (χ2n) is 3.29. The van der Waals surface area contributed by atoms with E-state index in [0.29, 0.717) is 10.0 Å². The largest absolute Gasteiger partial charge is 0.382 e. The lowest BCUT2D eigenvalue weighted by molar-refractivity contribution is 1.26. The lowest BCUT2D eigenvalue weighted by atomic mass is 10.3. The lowest BCUT2D eigenvalue weighted by Gasteiger charge is -2.04. The van der Waals surface area contributed by atoms with Crippen molar-refractivity contribution in [2.45, 2.75) is 13.8 Å². The van der Waals surface area contributed by atoms with Crippen molar-refractivity contribution in [3.05, 3.63) is 39.9 Å². The zero-order valence-corrected chi connectivity index (χ0v) is 9.78. The first kappa shape index (κ1) is 11.4. The van der Waals surface area contributed by atoms with E-state index in [0.717, 1.165) is 12.2 Å². The Kier molecular flexibility index (Phi) is 4.30. The molecule has 0 spiro atoms. The third-order valence-corrected chi connectivity index (χ3v) is 2.48. The van der Waals surface area contributed by atoms with Crippen molar-refractivity contribution >= 4 is 28.9 Å². The molecule has 0 aliphatic carbocycles.